The van der Waals surface area contributed by atoms with E-state index in [9.17, 15) is 4.79 Å². The van der Waals surface area contributed by atoms with Crippen LogP contribution in [0.4, 0.5) is 5.69 Å². The van der Waals surface area contributed by atoms with Crippen molar-refractivity contribution >= 4 is 33.1 Å². The number of rotatable bonds is 5. The van der Waals surface area contributed by atoms with Crippen LogP contribution in [0.25, 0.3) is 10.2 Å². The lowest BCUT2D eigenvalue weighted by Crippen LogP contribution is -2.22. The van der Waals surface area contributed by atoms with Crippen LogP contribution < -0.4 is 10.2 Å². The molecule has 5 nitrogen and oxygen atoms in total. The summed E-state index contributed by atoms with van der Waals surface area (Å²) in [5, 5.41) is 4.13. The summed E-state index contributed by atoms with van der Waals surface area (Å²) >= 11 is 1.49. The van der Waals surface area contributed by atoms with E-state index in [0.29, 0.717) is 12.5 Å². The maximum atomic E-state index is 12.9. The molecule has 0 atom stereocenters. The second kappa shape index (κ2) is 7.41. The molecule has 1 aliphatic carbocycles. The van der Waals surface area contributed by atoms with Gasteiger partial charge in [-0.3, -0.25) is 4.79 Å². The molecular formula is C23H26N4OS. The predicted octanol–water partition coefficient (Wildman–Crippen LogP) is 4.72. The number of nitrogens with one attached hydrogen (secondary N) is 1. The number of carbonyl (C=O) groups is 1. The molecule has 2 fully saturated rings. The van der Waals surface area contributed by atoms with Gasteiger partial charge < -0.3 is 10.2 Å². The number of anilines is 1. The molecular weight excluding hydrogens is 380 g/mol. The molecule has 0 radical (unpaired) electrons. The van der Waals surface area contributed by atoms with Gasteiger partial charge in [0.2, 0.25) is 0 Å². The van der Waals surface area contributed by atoms with Crippen LogP contribution in [-0.4, -0.2) is 29.0 Å². The Balaban J connectivity index is 1.31. The zero-order valence-electron chi connectivity index (χ0n) is 17.0. The summed E-state index contributed by atoms with van der Waals surface area (Å²) < 4.78 is 0. The van der Waals surface area contributed by atoms with Crippen LogP contribution in [0.15, 0.2) is 24.3 Å². The molecule has 0 unspecified atom stereocenters. The zero-order valence-corrected chi connectivity index (χ0v) is 17.8. The lowest BCUT2D eigenvalue weighted by Gasteiger charge is -2.17. The van der Waals surface area contributed by atoms with E-state index in [1.165, 1.54) is 42.7 Å². The minimum atomic E-state index is -0.0264. The Kier molecular flexibility index (Phi) is 4.74. The van der Waals surface area contributed by atoms with Gasteiger partial charge in [-0.05, 0) is 62.8 Å². The topological polar surface area (TPSA) is 58.1 Å². The van der Waals surface area contributed by atoms with Gasteiger partial charge in [-0.15, -0.1) is 11.3 Å². The third kappa shape index (κ3) is 3.62. The number of hydrogen-bond donors (Lipinski definition) is 1. The number of hydrogen-bond acceptors (Lipinski definition) is 5. The van der Waals surface area contributed by atoms with Crippen molar-refractivity contribution in [2.45, 2.75) is 52.0 Å². The molecule has 5 rings (SSSR count). The molecule has 1 N–H and O–H groups in total. The average Bonchev–Trinajstić information content (AvgIpc) is 3.32. The Morgan fingerprint density at radius 2 is 1.86 bits per heavy atom. The molecule has 3 aromatic rings. The Labute approximate surface area is 175 Å². The smallest absolute Gasteiger partial charge is 0.261 e. The van der Waals surface area contributed by atoms with Crippen LogP contribution in [0.5, 0.6) is 0 Å². The molecule has 29 heavy (non-hydrogen) atoms. The molecule has 6 heteroatoms. The van der Waals surface area contributed by atoms with Crippen LogP contribution in [0, 0.1) is 13.8 Å². The third-order valence-corrected chi connectivity index (χ3v) is 7.18. The summed E-state index contributed by atoms with van der Waals surface area (Å²) in [4.78, 5) is 26.4. The molecule has 0 spiro atoms. The fourth-order valence-corrected chi connectivity index (χ4v) is 5.32. The summed E-state index contributed by atoms with van der Waals surface area (Å²) in [6.45, 7) is 6.86. The van der Waals surface area contributed by atoms with Crippen molar-refractivity contribution in [1.29, 1.82) is 0 Å². The SMILES string of the molecule is Cc1nc(C2CC2)nc2sc(C(=O)NCc3ccc(N4CCCC4)cc3)c(C)c12. The molecule has 2 aliphatic rings. The number of aromatic nitrogens is 2. The molecule has 2 aromatic heterocycles. The van der Waals surface area contributed by atoms with Gasteiger partial charge in [-0.25, -0.2) is 9.97 Å². The van der Waals surface area contributed by atoms with Crippen LogP contribution in [-0.2, 0) is 6.54 Å². The summed E-state index contributed by atoms with van der Waals surface area (Å²) in [6.07, 6.45) is 4.91. The van der Waals surface area contributed by atoms with Crippen LogP contribution in [0.1, 0.15) is 63.9 Å². The van der Waals surface area contributed by atoms with Gasteiger partial charge in [0.15, 0.2) is 0 Å². The van der Waals surface area contributed by atoms with Gasteiger partial charge in [0.05, 0.1) is 10.6 Å². The summed E-state index contributed by atoms with van der Waals surface area (Å²) in [6, 6.07) is 8.55. The number of nitrogens with zero attached hydrogens (tertiary/aromatic N) is 3. The van der Waals surface area contributed by atoms with E-state index in [4.69, 9.17) is 9.97 Å². The molecule has 1 aromatic carbocycles. The highest BCUT2D eigenvalue weighted by atomic mass is 32.1. The summed E-state index contributed by atoms with van der Waals surface area (Å²) in [5.41, 5.74) is 4.37. The van der Waals surface area contributed by atoms with E-state index < -0.39 is 0 Å². The van der Waals surface area contributed by atoms with Gasteiger partial charge in [0.1, 0.15) is 10.7 Å². The van der Waals surface area contributed by atoms with E-state index in [1.54, 1.807) is 0 Å². The van der Waals surface area contributed by atoms with Crippen molar-refractivity contribution in [3.8, 4) is 0 Å². The lowest BCUT2D eigenvalue weighted by atomic mass is 10.1. The summed E-state index contributed by atoms with van der Waals surface area (Å²) in [5.74, 6) is 1.43. The van der Waals surface area contributed by atoms with Crippen molar-refractivity contribution < 1.29 is 4.79 Å². The van der Waals surface area contributed by atoms with Crippen molar-refractivity contribution in [2.24, 2.45) is 0 Å². The molecule has 1 saturated carbocycles. The maximum Gasteiger partial charge on any atom is 0.261 e. The minimum Gasteiger partial charge on any atom is -0.372 e. The highest BCUT2D eigenvalue weighted by molar-refractivity contribution is 7.20. The minimum absolute atomic E-state index is 0.0264. The Hall–Kier alpha value is -2.47. The maximum absolute atomic E-state index is 12.9. The quantitative estimate of drug-likeness (QED) is 0.666. The first-order valence-electron chi connectivity index (χ1n) is 10.5. The molecule has 1 amide bonds. The van der Waals surface area contributed by atoms with Crippen LogP contribution in [0.3, 0.4) is 0 Å². The van der Waals surface area contributed by atoms with Crippen molar-refractivity contribution in [2.75, 3.05) is 18.0 Å². The predicted molar refractivity (Wildman–Crippen MR) is 118 cm³/mol. The van der Waals surface area contributed by atoms with Crippen LogP contribution >= 0.6 is 11.3 Å². The number of benzene rings is 1. The van der Waals surface area contributed by atoms with Gasteiger partial charge in [-0.2, -0.15) is 0 Å². The van der Waals surface area contributed by atoms with E-state index in [0.717, 1.165) is 50.8 Å². The van der Waals surface area contributed by atoms with Crippen molar-refractivity contribution in [3.05, 3.63) is 51.8 Å². The Morgan fingerprint density at radius 3 is 2.55 bits per heavy atom. The van der Waals surface area contributed by atoms with Gasteiger partial charge >= 0.3 is 0 Å². The zero-order chi connectivity index (χ0) is 20.0. The number of thiophene rings is 1. The van der Waals surface area contributed by atoms with E-state index in [1.807, 2.05) is 13.8 Å². The fraction of sp³-hybridized carbons (Fsp3) is 0.435. The number of fused-ring (bicyclic) bond motifs is 1. The molecule has 1 aliphatic heterocycles. The highest BCUT2D eigenvalue weighted by Gasteiger charge is 2.28. The van der Waals surface area contributed by atoms with Gasteiger partial charge in [-0.1, -0.05) is 12.1 Å². The van der Waals surface area contributed by atoms with Crippen molar-refractivity contribution in [1.82, 2.24) is 15.3 Å². The Bertz CT molecular complexity index is 1060. The third-order valence-electron chi connectivity index (χ3n) is 6.00. The first kappa shape index (κ1) is 18.6. The van der Waals surface area contributed by atoms with Crippen LogP contribution in [0.2, 0.25) is 0 Å². The second-order valence-electron chi connectivity index (χ2n) is 8.22. The second-order valence-corrected chi connectivity index (χ2v) is 9.22. The van der Waals surface area contributed by atoms with Gasteiger partial charge in [0, 0.05) is 36.6 Å². The molecule has 150 valence electrons. The number of amides is 1. The van der Waals surface area contributed by atoms with E-state index >= 15 is 0 Å². The number of carbonyl (C=O) groups excluding carboxylic acids is 1. The van der Waals surface area contributed by atoms with E-state index in [-0.39, 0.29) is 5.91 Å². The lowest BCUT2D eigenvalue weighted by molar-refractivity contribution is 0.0954. The number of aryl methyl sites for hydroxylation is 2. The monoisotopic (exact) mass is 406 g/mol. The van der Waals surface area contributed by atoms with Gasteiger partial charge in [0.25, 0.3) is 5.91 Å². The first-order chi connectivity index (χ1) is 14.1. The molecule has 3 heterocycles. The first-order valence-corrected chi connectivity index (χ1v) is 11.3. The van der Waals surface area contributed by atoms with Crippen molar-refractivity contribution in [3.63, 3.8) is 0 Å². The van der Waals surface area contributed by atoms with E-state index in [2.05, 4.69) is 34.5 Å². The largest absolute Gasteiger partial charge is 0.372 e. The normalized spacial score (nSPS) is 16.6. The molecule has 1 saturated heterocycles. The average molecular weight is 407 g/mol. The standard InChI is InChI=1S/C23H26N4OS/c1-14-19-15(2)25-21(17-7-8-17)26-23(19)29-20(14)22(28)24-13-16-5-9-18(10-6-16)27-11-3-4-12-27/h5-6,9-10,17H,3-4,7-8,11-13H2,1-2H3,(H,24,28). The highest BCUT2D eigenvalue weighted by Crippen LogP contribution is 2.40. The Morgan fingerprint density at radius 1 is 1.14 bits per heavy atom. The fourth-order valence-electron chi connectivity index (χ4n) is 4.16. The molecule has 0 bridgehead atoms. The summed E-state index contributed by atoms with van der Waals surface area (Å²) in [7, 11) is 0.